The second-order valence-corrected chi connectivity index (χ2v) is 8.01. The molecule has 1 saturated heterocycles. The number of fused-ring (bicyclic) bond motifs is 6. The van der Waals surface area contributed by atoms with E-state index in [0.717, 1.165) is 6.33 Å². The number of nitrogens with zero attached hydrogens (tertiary/aromatic N) is 4. The molecule has 0 spiro atoms. The number of aliphatic hydroxyl groups excluding tert-OH is 3. The van der Waals surface area contributed by atoms with Crippen LogP contribution in [0.4, 0.5) is 5.95 Å². The van der Waals surface area contributed by atoms with Gasteiger partial charge < -0.3 is 35.6 Å². The third kappa shape index (κ3) is 1.98. The average Bonchev–Trinajstić information content (AvgIpc) is 3.44. The standard InChI is InChI=1S/C19H17N5O8/c25-5-9-11(26)12(27)16(32-9)23-6-20-10-14(23)21-17-22-18(30)8-4-2-1-3-7(8)13(28)19(18,31)24(17)15(10)29/h1-4,6,9,11-12,16,25-27,30-31H,5H2,(H,21,22)/t9-,11+,12+,16-,18-,19-/m1/s1. The minimum atomic E-state index is -2.68. The van der Waals surface area contributed by atoms with Gasteiger partial charge in [0.25, 0.3) is 11.3 Å². The maximum absolute atomic E-state index is 13.3. The van der Waals surface area contributed by atoms with Crippen LogP contribution in [0.1, 0.15) is 22.1 Å². The first-order valence-corrected chi connectivity index (χ1v) is 9.73. The average molecular weight is 443 g/mol. The van der Waals surface area contributed by atoms with E-state index in [9.17, 15) is 35.1 Å². The molecule has 3 aliphatic rings. The Kier molecular flexibility index (Phi) is 3.64. The van der Waals surface area contributed by atoms with Gasteiger partial charge in [0.05, 0.1) is 12.9 Å². The summed E-state index contributed by atoms with van der Waals surface area (Å²) in [5.41, 5.74) is -6.16. The van der Waals surface area contributed by atoms with Gasteiger partial charge in [0.1, 0.15) is 18.3 Å². The Morgan fingerprint density at radius 2 is 1.91 bits per heavy atom. The summed E-state index contributed by atoms with van der Waals surface area (Å²) in [7, 11) is 0. The van der Waals surface area contributed by atoms with Crippen molar-refractivity contribution in [2.75, 3.05) is 11.9 Å². The third-order valence-electron chi connectivity index (χ3n) is 6.39. The molecule has 1 fully saturated rings. The van der Waals surface area contributed by atoms with Gasteiger partial charge in [-0.25, -0.2) is 9.55 Å². The number of ether oxygens (including phenoxy) is 1. The zero-order valence-electron chi connectivity index (χ0n) is 16.2. The van der Waals surface area contributed by atoms with E-state index < -0.39 is 53.9 Å². The van der Waals surface area contributed by atoms with Crippen LogP contribution in [-0.2, 0) is 16.2 Å². The number of Topliss-reactive ketones (excluding diaryl/α,β-unsaturated/α-hetero) is 1. The van der Waals surface area contributed by atoms with E-state index in [1.165, 1.54) is 16.7 Å². The molecule has 6 atom stereocenters. The summed E-state index contributed by atoms with van der Waals surface area (Å²) in [5.74, 6) is -1.18. The van der Waals surface area contributed by atoms with Crippen LogP contribution in [-0.4, -0.2) is 75.3 Å². The fourth-order valence-electron chi connectivity index (χ4n) is 4.76. The first kappa shape index (κ1) is 19.5. The lowest BCUT2D eigenvalue weighted by Gasteiger charge is -2.29. The van der Waals surface area contributed by atoms with Gasteiger partial charge in [0.15, 0.2) is 17.4 Å². The smallest absolute Gasteiger partial charge is 0.286 e. The summed E-state index contributed by atoms with van der Waals surface area (Å²) >= 11 is 0. The Balaban J connectivity index is 1.55. The molecule has 13 nitrogen and oxygen atoms in total. The van der Waals surface area contributed by atoms with Gasteiger partial charge in [0.2, 0.25) is 17.5 Å². The largest absolute Gasteiger partial charge is 0.394 e. The molecule has 6 N–H and O–H groups in total. The molecule has 1 aliphatic carbocycles. The van der Waals surface area contributed by atoms with Crippen molar-refractivity contribution in [1.82, 2.24) is 19.1 Å². The second-order valence-electron chi connectivity index (χ2n) is 8.01. The molecule has 0 unspecified atom stereocenters. The Morgan fingerprint density at radius 1 is 1.16 bits per heavy atom. The van der Waals surface area contributed by atoms with Crippen molar-refractivity contribution in [1.29, 1.82) is 0 Å². The lowest BCUT2D eigenvalue weighted by atomic mass is 10.0. The minimum Gasteiger partial charge on any atom is -0.394 e. The highest BCUT2D eigenvalue weighted by Gasteiger charge is 2.69. The third-order valence-corrected chi connectivity index (χ3v) is 6.39. The lowest BCUT2D eigenvalue weighted by molar-refractivity contribution is -0.139. The van der Waals surface area contributed by atoms with E-state index in [1.807, 2.05) is 0 Å². The van der Waals surface area contributed by atoms with Crippen molar-refractivity contribution in [2.45, 2.75) is 36.0 Å². The molecule has 13 heteroatoms. The predicted molar refractivity (Wildman–Crippen MR) is 103 cm³/mol. The van der Waals surface area contributed by atoms with Crippen molar-refractivity contribution < 1.29 is 35.1 Å². The first-order valence-electron chi connectivity index (χ1n) is 9.73. The Bertz CT molecular complexity index is 1370. The predicted octanol–water partition coefficient (Wildman–Crippen LogP) is -2.68. The molecule has 3 aromatic rings. The number of rotatable bonds is 2. The highest BCUT2D eigenvalue weighted by molar-refractivity contribution is 6.08. The number of aromatic nitrogens is 4. The maximum atomic E-state index is 13.3. The number of carbonyl (C=O) groups is 1. The number of carbonyl (C=O) groups excluding carboxylic acids is 1. The van der Waals surface area contributed by atoms with Crippen LogP contribution in [0.5, 0.6) is 0 Å². The topological polar surface area (TPSA) is 192 Å². The van der Waals surface area contributed by atoms with Crippen molar-refractivity contribution in [3.8, 4) is 0 Å². The molecule has 0 amide bonds. The Morgan fingerprint density at radius 3 is 2.62 bits per heavy atom. The molecule has 2 aliphatic heterocycles. The van der Waals surface area contributed by atoms with E-state index in [2.05, 4.69) is 15.3 Å². The van der Waals surface area contributed by atoms with Crippen molar-refractivity contribution in [2.24, 2.45) is 0 Å². The van der Waals surface area contributed by atoms with Gasteiger partial charge in [0, 0.05) is 11.1 Å². The number of hydrogen-bond acceptors (Lipinski definition) is 11. The lowest BCUT2D eigenvalue weighted by Crippen LogP contribution is -2.54. The summed E-state index contributed by atoms with van der Waals surface area (Å²) in [5, 5.41) is 54.9. The molecule has 6 rings (SSSR count). The van der Waals surface area contributed by atoms with Gasteiger partial charge >= 0.3 is 0 Å². The van der Waals surface area contributed by atoms with Crippen molar-refractivity contribution in [3.63, 3.8) is 0 Å². The number of hydrogen-bond donors (Lipinski definition) is 6. The molecule has 0 radical (unpaired) electrons. The zero-order valence-corrected chi connectivity index (χ0v) is 16.2. The molecular formula is C19H17N5O8. The number of anilines is 1. The molecule has 2 aromatic heterocycles. The van der Waals surface area contributed by atoms with Crippen LogP contribution >= 0.6 is 0 Å². The monoisotopic (exact) mass is 443 g/mol. The molecule has 0 bridgehead atoms. The Labute approximate surface area is 177 Å². The van der Waals surface area contributed by atoms with Crippen LogP contribution in [0, 0.1) is 0 Å². The number of benzene rings is 1. The summed E-state index contributed by atoms with van der Waals surface area (Å²) in [6.45, 7) is -0.546. The fraction of sp³-hybridized carbons (Fsp3) is 0.368. The summed E-state index contributed by atoms with van der Waals surface area (Å²) < 4.78 is 7.33. The van der Waals surface area contributed by atoms with E-state index in [4.69, 9.17) is 4.74 Å². The molecule has 4 heterocycles. The van der Waals surface area contributed by atoms with E-state index in [0.29, 0.717) is 4.57 Å². The van der Waals surface area contributed by atoms with Crippen molar-refractivity contribution >= 4 is 22.9 Å². The van der Waals surface area contributed by atoms with E-state index in [-0.39, 0.29) is 28.2 Å². The molecular weight excluding hydrogens is 426 g/mol. The number of imidazole rings is 1. The Hall–Kier alpha value is -3.20. The van der Waals surface area contributed by atoms with Crippen LogP contribution in [0.3, 0.4) is 0 Å². The van der Waals surface area contributed by atoms with E-state index in [1.54, 1.807) is 12.1 Å². The number of ketones is 1. The minimum absolute atomic E-state index is 0.0553. The first-order chi connectivity index (χ1) is 15.2. The summed E-state index contributed by atoms with van der Waals surface area (Å²) in [6.07, 6.45) is -3.95. The van der Waals surface area contributed by atoms with Crippen LogP contribution in [0.15, 0.2) is 35.4 Å². The van der Waals surface area contributed by atoms with Gasteiger partial charge in [-0.1, -0.05) is 24.3 Å². The van der Waals surface area contributed by atoms with Gasteiger partial charge in [-0.05, 0) is 0 Å². The molecule has 1 aromatic carbocycles. The fourth-order valence-corrected chi connectivity index (χ4v) is 4.76. The summed E-state index contributed by atoms with van der Waals surface area (Å²) in [4.78, 5) is 34.6. The van der Waals surface area contributed by atoms with Crippen LogP contribution in [0.2, 0.25) is 0 Å². The second kappa shape index (κ2) is 5.98. The van der Waals surface area contributed by atoms with E-state index >= 15 is 0 Å². The van der Waals surface area contributed by atoms with Gasteiger partial charge in [-0.15, -0.1) is 0 Å². The quantitative estimate of drug-likeness (QED) is 0.242. The zero-order chi connectivity index (χ0) is 22.6. The normalized spacial score (nSPS) is 35.1. The van der Waals surface area contributed by atoms with Gasteiger partial charge in [-0.3, -0.25) is 14.2 Å². The number of nitrogens with one attached hydrogen (secondary N) is 1. The van der Waals surface area contributed by atoms with Crippen molar-refractivity contribution in [3.05, 3.63) is 52.1 Å². The molecule has 32 heavy (non-hydrogen) atoms. The highest BCUT2D eigenvalue weighted by Crippen LogP contribution is 2.51. The molecule has 0 saturated carbocycles. The SMILES string of the molecule is O=C1c2ccccc2[C@]2(O)Nc3nc4c(ncn4[C@@H]4O[C@H](CO)[C@H](O)[C@@H]4O)c(=O)n3[C@@]12O. The van der Waals surface area contributed by atoms with Crippen LogP contribution < -0.4 is 10.9 Å². The van der Waals surface area contributed by atoms with Crippen LogP contribution in [0.25, 0.3) is 11.2 Å². The maximum Gasteiger partial charge on any atom is 0.286 e. The summed E-state index contributed by atoms with van der Waals surface area (Å²) in [6, 6.07) is 6.02. The highest BCUT2D eigenvalue weighted by atomic mass is 16.6. The molecule has 166 valence electrons. The number of aliphatic hydroxyl groups is 5. The van der Waals surface area contributed by atoms with Gasteiger partial charge in [-0.2, -0.15) is 4.98 Å².